The van der Waals surface area contributed by atoms with Crippen molar-refractivity contribution in [3.8, 4) is 0 Å². The maximum Gasteiger partial charge on any atom is 0.191 e. The van der Waals surface area contributed by atoms with E-state index in [0.29, 0.717) is 5.41 Å². The van der Waals surface area contributed by atoms with Crippen molar-refractivity contribution in [3.63, 3.8) is 0 Å². The van der Waals surface area contributed by atoms with Crippen LogP contribution in [-0.4, -0.2) is 38.8 Å². The number of hydrogen-bond donors (Lipinski definition) is 2. The monoisotopic (exact) mass is 423 g/mol. The van der Waals surface area contributed by atoms with Gasteiger partial charge in [-0.15, -0.1) is 24.0 Å². The van der Waals surface area contributed by atoms with Crippen LogP contribution in [0.2, 0.25) is 0 Å². The third kappa shape index (κ3) is 7.02. The summed E-state index contributed by atoms with van der Waals surface area (Å²) in [6.45, 7) is 8.88. The minimum Gasteiger partial charge on any atom is -0.382 e. The van der Waals surface area contributed by atoms with Crippen molar-refractivity contribution in [3.05, 3.63) is 0 Å². The Bertz CT molecular complexity index is 326. The second kappa shape index (κ2) is 10.7. The first-order chi connectivity index (χ1) is 10.3. The van der Waals surface area contributed by atoms with Crippen LogP contribution >= 0.6 is 24.0 Å². The molecule has 0 aromatic carbocycles. The first kappa shape index (κ1) is 20.0. The van der Waals surface area contributed by atoms with Crippen molar-refractivity contribution < 1.29 is 4.74 Å². The zero-order chi connectivity index (χ0) is 15.0. The van der Waals surface area contributed by atoms with Gasteiger partial charge >= 0.3 is 0 Å². The minimum atomic E-state index is 0. The molecule has 0 heterocycles. The predicted molar refractivity (Wildman–Crippen MR) is 104 cm³/mol. The van der Waals surface area contributed by atoms with E-state index in [-0.39, 0.29) is 24.0 Å². The molecule has 22 heavy (non-hydrogen) atoms. The summed E-state index contributed by atoms with van der Waals surface area (Å²) in [5.74, 6) is 1.89. The maximum atomic E-state index is 5.58. The molecular formula is C17H34IN3O. The van der Waals surface area contributed by atoms with E-state index in [4.69, 9.17) is 9.73 Å². The molecule has 130 valence electrons. The van der Waals surface area contributed by atoms with Gasteiger partial charge in [0, 0.05) is 32.8 Å². The van der Waals surface area contributed by atoms with Gasteiger partial charge in [0.05, 0.1) is 0 Å². The Hall–Kier alpha value is -0.0400. The van der Waals surface area contributed by atoms with Crippen LogP contribution in [0.5, 0.6) is 0 Å². The van der Waals surface area contributed by atoms with Crippen molar-refractivity contribution in [2.45, 2.75) is 58.8 Å². The molecule has 2 aliphatic rings. The van der Waals surface area contributed by atoms with E-state index in [9.17, 15) is 0 Å². The van der Waals surface area contributed by atoms with E-state index in [2.05, 4.69) is 24.5 Å². The van der Waals surface area contributed by atoms with Crippen molar-refractivity contribution in [1.82, 2.24) is 10.6 Å². The summed E-state index contributed by atoms with van der Waals surface area (Å²) in [6.07, 6.45) is 9.25. The minimum absolute atomic E-state index is 0. The predicted octanol–water partition coefficient (Wildman–Crippen LogP) is 3.56. The van der Waals surface area contributed by atoms with Crippen molar-refractivity contribution >= 4 is 29.9 Å². The fourth-order valence-electron chi connectivity index (χ4n) is 3.20. The summed E-state index contributed by atoms with van der Waals surface area (Å²) in [4.78, 5) is 4.88. The molecule has 2 N–H and O–H groups in total. The number of rotatable bonds is 9. The molecule has 0 aromatic rings. The third-order valence-electron chi connectivity index (χ3n) is 4.82. The third-order valence-corrected chi connectivity index (χ3v) is 4.82. The van der Waals surface area contributed by atoms with Gasteiger partial charge < -0.3 is 15.4 Å². The van der Waals surface area contributed by atoms with Crippen molar-refractivity contribution in [2.24, 2.45) is 16.3 Å². The molecule has 2 rings (SSSR count). The van der Waals surface area contributed by atoms with Crippen LogP contribution in [0.25, 0.3) is 0 Å². The number of nitrogens with zero attached hydrogens (tertiary/aromatic N) is 1. The lowest BCUT2D eigenvalue weighted by Gasteiger charge is -2.27. The number of nitrogens with one attached hydrogen (secondary N) is 2. The molecule has 2 aliphatic carbocycles. The molecule has 5 heteroatoms. The topological polar surface area (TPSA) is 45.7 Å². The normalized spacial score (nSPS) is 20.5. The van der Waals surface area contributed by atoms with Gasteiger partial charge in [0.2, 0.25) is 0 Å². The Morgan fingerprint density at radius 1 is 1.18 bits per heavy atom. The molecule has 0 bridgehead atoms. The second-order valence-corrected chi connectivity index (χ2v) is 6.67. The first-order valence-corrected chi connectivity index (χ1v) is 8.88. The summed E-state index contributed by atoms with van der Waals surface area (Å²) in [6, 6.07) is 0. The Morgan fingerprint density at radius 2 is 1.91 bits per heavy atom. The molecule has 0 spiro atoms. The van der Waals surface area contributed by atoms with Gasteiger partial charge in [-0.3, -0.25) is 4.99 Å². The highest BCUT2D eigenvalue weighted by atomic mass is 127. The Kier molecular flexibility index (Phi) is 9.71. The Labute approximate surface area is 153 Å². The first-order valence-electron chi connectivity index (χ1n) is 8.88. The van der Waals surface area contributed by atoms with E-state index in [1.54, 1.807) is 0 Å². The van der Waals surface area contributed by atoms with E-state index < -0.39 is 0 Å². The van der Waals surface area contributed by atoms with Crippen LogP contribution in [0.1, 0.15) is 58.8 Å². The average molecular weight is 423 g/mol. The van der Waals surface area contributed by atoms with Gasteiger partial charge in [-0.25, -0.2) is 0 Å². The van der Waals surface area contributed by atoms with Gasteiger partial charge in [-0.1, -0.05) is 12.8 Å². The molecule has 4 nitrogen and oxygen atoms in total. The lowest BCUT2D eigenvalue weighted by atomic mass is 9.83. The molecule has 0 amide bonds. The number of aliphatic imine (C=N–C) groups is 1. The molecule has 0 saturated heterocycles. The standard InChI is InChI=1S/C17H33N3O.HI/c1-3-18-16(19-13-15-7-8-15)20-14-17(9-5-6-10-17)11-12-21-4-2;/h15H,3-14H2,1-2H3,(H2,18,19,20);1H. The zero-order valence-electron chi connectivity index (χ0n) is 14.3. The fourth-order valence-corrected chi connectivity index (χ4v) is 3.20. The SMILES string of the molecule is CCNC(=NCC1(CCOCC)CCCC1)NCC1CC1.I. The van der Waals surface area contributed by atoms with Crippen molar-refractivity contribution in [2.75, 3.05) is 32.8 Å². The summed E-state index contributed by atoms with van der Waals surface area (Å²) in [5.41, 5.74) is 0.386. The fraction of sp³-hybridized carbons (Fsp3) is 0.941. The van der Waals surface area contributed by atoms with Crippen LogP contribution in [0.3, 0.4) is 0 Å². The van der Waals surface area contributed by atoms with Gasteiger partial charge in [-0.05, 0) is 57.3 Å². The Morgan fingerprint density at radius 3 is 2.50 bits per heavy atom. The molecule has 0 radical (unpaired) electrons. The van der Waals surface area contributed by atoms with Crippen LogP contribution in [-0.2, 0) is 4.74 Å². The molecule has 0 unspecified atom stereocenters. The molecule has 0 aliphatic heterocycles. The van der Waals surface area contributed by atoms with Crippen LogP contribution in [0.15, 0.2) is 4.99 Å². The summed E-state index contributed by atoms with van der Waals surface area (Å²) in [5, 5.41) is 6.88. The highest BCUT2D eigenvalue weighted by Crippen LogP contribution is 2.41. The van der Waals surface area contributed by atoms with E-state index in [0.717, 1.165) is 51.1 Å². The quantitative estimate of drug-likeness (QED) is 0.258. The van der Waals surface area contributed by atoms with Gasteiger partial charge in [0.25, 0.3) is 0 Å². The van der Waals surface area contributed by atoms with Gasteiger partial charge in [0.1, 0.15) is 0 Å². The summed E-state index contributed by atoms with van der Waals surface area (Å²) < 4.78 is 5.58. The van der Waals surface area contributed by atoms with Crippen molar-refractivity contribution in [1.29, 1.82) is 0 Å². The molecular weight excluding hydrogens is 389 g/mol. The zero-order valence-corrected chi connectivity index (χ0v) is 16.7. The van der Waals surface area contributed by atoms with E-state index >= 15 is 0 Å². The van der Waals surface area contributed by atoms with E-state index in [1.807, 2.05) is 0 Å². The number of ether oxygens (including phenoxy) is 1. The van der Waals surface area contributed by atoms with Crippen LogP contribution < -0.4 is 10.6 Å². The maximum absolute atomic E-state index is 5.58. The lowest BCUT2D eigenvalue weighted by Crippen LogP contribution is -2.39. The number of hydrogen-bond acceptors (Lipinski definition) is 2. The summed E-state index contributed by atoms with van der Waals surface area (Å²) >= 11 is 0. The van der Waals surface area contributed by atoms with E-state index in [1.165, 1.54) is 38.5 Å². The number of guanidine groups is 1. The van der Waals surface area contributed by atoms with Crippen LogP contribution in [0, 0.1) is 11.3 Å². The summed E-state index contributed by atoms with van der Waals surface area (Å²) in [7, 11) is 0. The second-order valence-electron chi connectivity index (χ2n) is 6.67. The van der Waals surface area contributed by atoms with Crippen LogP contribution in [0.4, 0.5) is 0 Å². The molecule has 2 fully saturated rings. The number of halogens is 1. The highest BCUT2D eigenvalue weighted by Gasteiger charge is 2.33. The molecule has 0 aromatic heterocycles. The molecule has 2 saturated carbocycles. The largest absolute Gasteiger partial charge is 0.382 e. The average Bonchev–Trinajstić information content (AvgIpc) is 3.21. The molecule has 0 atom stereocenters. The van der Waals surface area contributed by atoms with Gasteiger partial charge in [-0.2, -0.15) is 0 Å². The Balaban J connectivity index is 0.00000242. The van der Waals surface area contributed by atoms with Gasteiger partial charge in [0.15, 0.2) is 5.96 Å². The smallest absolute Gasteiger partial charge is 0.191 e. The lowest BCUT2D eigenvalue weighted by molar-refractivity contribution is 0.107. The highest BCUT2D eigenvalue weighted by molar-refractivity contribution is 14.0.